The van der Waals surface area contributed by atoms with Crippen molar-refractivity contribution in [3.05, 3.63) is 29.6 Å². The summed E-state index contributed by atoms with van der Waals surface area (Å²) in [7, 11) is 3.57. The summed E-state index contributed by atoms with van der Waals surface area (Å²) in [6, 6.07) is 0. The van der Waals surface area contributed by atoms with Gasteiger partial charge in [0.15, 0.2) is 0 Å². The lowest BCUT2D eigenvalue weighted by Crippen LogP contribution is -2.19. The van der Waals surface area contributed by atoms with Crippen LogP contribution < -0.4 is 5.32 Å². The topological polar surface area (TPSA) is 97.9 Å². The van der Waals surface area contributed by atoms with Gasteiger partial charge in [-0.1, -0.05) is 0 Å². The van der Waals surface area contributed by atoms with E-state index in [9.17, 15) is 4.79 Å². The fourth-order valence-electron chi connectivity index (χ4n) is 1.61. The van der Waals surface area contributed by atoms with E-state index in [4.69, 9.17) is 5.11 Å². The SMILES string of the molecule is Cn1cnnc1CNCc1c(C(=O)O)cnn1C. The number of carboxylic acid groups (broad SMARTS) is 1. The summed E-state index contributed by atoms with van der Waals surface area (Å²) in [5, 5.41) is 23.7. The van der Waals surface area contributed by atoms with Crippen LogP contribution in [-0.4, -0.2) is 35.6 Å². The third kappa shape index (κ3) is 2.38. The highest BCUT2D eigenvalue weighted by Gasteiger charge is 2.14. The van der Waals surface area contributed by atoms with Gasteiger partial charge in [0.05, 0.1) is 18.4 Å². The number of aromatic carboxylic acids is 1. The molecule has 0 fully saturated rings. The number of aryl methyl sites for hydroxylation is 2. The molecule has 2 aromatic heterocycles. The molecule has 0 aromatic carbocycles. The molecule has 2 rings (SSSR count). The van der Waals surface area contributed by atoms with E-state index in [1.165, 1.54) is 6.20 Å². The monoisotopic (exact) mass is 250 g/mol. The van der Waals surface area contributed by atoms with Crippen LogP contribution in [0, 0.1) is 0 Å². The Kier molecular flexibility index (Phi) is 3.38. The molecule has 0 bridgehead atoms. The Labute approximate surface area is 103 Å². The van der Waals surface area contributed by atoms with Crippen molar-refractivity contribution in [1.29, 1.82) is 0 Å². The van der Waals surface area contributed by atoms with Gasteiger partial charge in [-0.2, -0.15) is 5.10 Å². The Morgan fingerprint density at radius 1 is 1.44 bits per heavy atom. The first-order valence-corrected chi connectivity index (χ1v) is 5.37. The second kappa shape index (κ2) is 4.96. The minimum atomic E-state index is -0.974. The van der Waals surface area contributed by atoms with E-state index in [2.05, 4.69) is 20.6 Å². The number of carbonyl (C=O) groups is 1. The van der Waals surface area contributed by atoms with Crippen LogP contribution in [0.3, 0.4) is 0 Å². The number of nitrogens with zero attached hydrogens (tertiary/aromatic N) is 5. The van der Waals surface area contributed by atoms with Gasteiger partial charge in [0, 0.05) is 20.6 Å². The molecule has 2 N–H and O–H groups in total. The van der Waals surface area contributed by atoms with Crippen molar-refractivity contribution in [2.45, 2.75) is 13.1 Å². The van der Waals surface area contributed by atoms with Gasteiger partial charge in [0.25, 0.3) is 0 Å². The maximum absolute atomic E-state index is 11.0. The number of nitrogens with one attached hydrogen (secondary N) is 1. The van der Waals surface area contributed by atoms with Gasteiger partial charge < -0.3 is 15.0 Å². The van der Waals surface area contributed by atoms with Crippen LogP contribution in [0.1, 0.15) is 21.9 Å². The summed E-state index contributed by atoms with van der Waals surface area (Å²) in [5.74, 6) is -0.187. The number of aromatic nitrogens is 5. The zero-order chi connectivity index (χ0) is 13.1. The van der Waals surface area contributed by atoms with Gasteiger partial charge in [-0.3, -0.25) is 4.68 Å². The standard InChI is InChI=1S/C10H14N6O2/c1-15-6-12-14-9(15)5-11-4-8-7(10(17)18)3-13-16(8)2/h3,6,11H,4-5H2,1-2H3,(H,17,18). The van der Waals surface area contributed by atoms with Crippen LogP contribution in [0.5, 0.6) is 0 Å². The van der Waals surface area contributed by atoms with E-state index >= 15 is 0 Å². The molecule has 0 atom stereocenters. The first-order chi connectivity index (χ1) is 8.59. The molecule has 2 heterocycles. The lowest BCUT2D eigenvalue weighted by atomic mass is 10.2. The largest absolute Gasteiger partial charge is 0.478 e. The normalized spacial score (nSPS) is 10.8. The predicted molar refractivity (Wildman–Crippen MR) is 61.7 cm³/mol. The fourth-order valence-corrected chi connectivity index (χ4v) is 1.61. The highest BCUT2D eigenvalue weighted by Crippen LogP contribution is 2.07. The van der Waals surface area contributed by atoms with Crippen molar-refractivity contribution in [2.75, 3.05) is 0 Å². The van der Waals surface area contributed by atoms with Crippen LogP contribution in [-0.2, 0) is 27.2 Å². The summed E-state index contributed by atoms with van der Waals surface area (Å²) in [5.41, 5.74) is 0.840. The average molecular weight is 250 g/mol. The maximum Gasteiger partial charge on any atom is 0.339 e. The molecule has 0 amide bonds. The summed E-state index contributed by atoms with van der Waals surface area (Å²) in [6.45, 7) is 0.922. The molecule has 2 aromatic rings. The third-order valence-electron chi connectivity index (χ3n) is 2.67. The molecular formula is C10H14N6O2. The van der Waals surface area contributed by atoms with Crippen molar-refractivity contribution < 1.29 is 9.90 Å². The molecule has 18 heavy (non-hydrogen) atoms. The first kappa shape index (κ1) is 12.2. The molecule has 0 saturated heterocycles. The quantitative estimate of drug-likeness (QED) is 0.745. The second-order valence-electron chi connectivity index (χ2n) is 3.90. The lowest BCUT2D eigenvalue weighted by Gasteiger charge is -2.06. The zero-order valence-corrected chi connectivity index (χ0v) is 10.2. The number of hydrogen-bond donors (Lipinski definition) is 2. The minimum absolute atomic E-state index is 0.211. The van der Waals surface area contributed by atoms with Gasteiger partial charge in [0.1, 0.15) is 17.7 Å². The molecule has 8 heteroatoms. The summed E-state index contributed by atoms with van der Waals surface area (Å²) in [4.78, 5) is 11.0. The van der Waals surface area contributed by atoms with E-state index in [1.54, 1.807) is 22.6 Å². The van der Waals surface area contributed by atoms with Crippen LogP contribution in [0.4, 0.5) is 0 Å². The summed E-state index contributed by atoms with van der Waals surface area (Å²) in [6.07, 6.45) is 2.96. The van der Waals surface area contributed by atoms with Gasteiger partial charge in [-0.15, -0.1) is 10.2 Å². The van der Waals surface area contributed by atoms with Crippen molar-refractivity contribution in [2.24, 2.45) is 14.1 Å². The highest BCUT2D eigenvalue weighted by atomic mass is 16.4. The average Bonchev–Trinajstić information content (AvgIpc) is 2.87. The summed E-state index contributed by atoms with van der Waals surface area (Å²) >= 11 is 0. The maximum atomic E-state index is 11.0. The van der Waals surface area contributed by atoms with Crippen LogP contribution >= 0.6 is 0 Å². The zero-order valence-electron chi connectivity index (χ0n) is 10.2. The molecule has 96 valence electrons. The smallest absolute Gasteiger partial charge is 0.339 e. The molecular weight excluding hydrogens is 236 g/mol. The second-order valence-corrected chi connectivity index (χ2v) is 3.90. The van der Waals surface area contributed by atoms with Crippen molar-refractivity contribution in [3.63, 3.8) is 0 Å². The van der Waals surface area contributed by atoms with Crippen molar-refractivity contribution in [1.82, 2.24) is 29.9 Å². The fraction of sp³-hybridized carbons (Fsp3) is 0.400. The van der Waals surface area contributed by atoms with E-state index in [0.717, 1.165) is 5.82 Å². The number of rotatable bonds is 5. The lowest BCUT2D eigenvalue weighted by molar-refractivity contribution is 0.0695. The van der Waals surface area contributed by atoms with Crippen molar-refractivity contribution >= 4 is 5.97 Å². The third-order valence-corrected chi connectivity index (χ3v) is 2.67. The van der Waals surface area contributed by atoms with E-state index in [0.29, 0.717) is 18.8 Å². The highest BCUT2D eigenvalue weighted by molar-refractivity contribution is 5.88. The Morgan fingerprint density at radius 2 is 2.22 bits per heavy atom. The molecule has 0 saturated carbocycles. The van der Waals surface area contributed by atoms with Gasteiger partial charge in [-0.05, 0) is 0 Å². The Balaban J connectivity index is 2.00. The van der Waals surface area contributed by atoms with Gasteiger partial charge in [-0.25, -0.2) is 4.79 Å². The van der Waals surface area contributed by atoms with E-state index in [-0.39, 0.29) is 5.56 Å². The Bertz CT molecular complexity index is 558. The van der Waals surface area contributed by atoms with Crippen LogP contribution in [0.2, 0.25) is 0 Å². The molecule has 0 aliphatic carbocycles. The van der Waals surface area contributed by atoms with Crippen LogP contribution in [0.15, 0.2) is 12.5 Å². The van der Waals surface area contributed by atoms with Gasteiger partial charge in [0.2, 0.25) is 0 Å². The van der Waals surface area contributed by atoms with Crippen LogP contribution in [0.25, 0.3) is 0 Å². The van der Waals surface area contributed by atoms with E-state index in [1.807, 2.05) is 7.05 Å². The van der Waals surface area contributed by atoms with E-state index < -0.39 is 5.97 Å². The van der Waals surface area contributed by atoms with Gasteiger partial charge >= 0.3 is 5.97 Å². The Hall–Kier alpha value is -2.22. The first-order valence-electron chi connectivity index (χ1n) is 5.37. The Morgan fingerprint density at radius 3 is 2.83 bits per heavy atom. The molecule has 0 aliphatic rings. The number of hydrogen-bond acceptors (Lipinski definition) is 5. The molecule has 8 nitrogen and oxygen atoms in total. The summed E-state index contributed by atoms with van der Waals surface area (Å²) < 4.78 is 3.35. The molecule has 0 unspecified atom stereocenters. The van der Waals surface area contributed by atoms with Crippen molar-refractivity contribution in [3.8, 4) is 0 Å². The minimum Gasteiger partial charge on any atom is -0.478 e. The molecule has 0 spiro atoms. The molecule has 0 aliphatic heterocycles. The molecule has 0 radical (unpaired) electrons. The number of carboxylic acids is 1. The predicted octanol–water partition coefficient (Wildman–Crippen LogP) is -0.463.